The number of nitrogens with one attached hydrogen (secondary N) is 1. The number of nitriles is 1. The van der Waals surface area contributed by atoms with Crippen molar-refractivity contribution in [3.05, 3.63) is 190 Å². The molecule has 1 N–H and O–H groups in total. The van der Waals surface area contributed by atoms with Crippen LogP contribution in [0.15, 0.2) is 162 Å². The van der Waals surface area contributed by atoms with Gasteiger partial charge in [0.2, 0.25) is 6.17 Å². The summed E-state index contributed by atoms with van der Waals surface area (Å²) in [5, 5.41) is 20.9. The first-order valence-electron chi connectivity index (χ1n) is 22.7. The van der Waals surface area contributed by atoms with E-state index < -0.39 is 11.0 Å². The van der Waals surface area contributed by atoms with Crippen LogP contribution in [-0.4, -0.2) is 27.2 Å². The van der Waals surface area contributed by atoms with Crippen LogP contribution in [0.4, 0.5) is 11.4 Å². The van der Waals surface area contributed by atoms with Gasteiger partial charge in [0.05, 0.1) is 38.9 Å². The van der Waals surface area contributed by atoms with Crippen molar-refractivity contribution in [3.8, 4) is 6.07 Å². The fourth-order valence-corrected chi connectivity index (χ4v) is 13.5. The molecule has 4 heterocycles. The van der Waals surface area contributed by atoms with Crippen molar-refractivity contribution in [1.29, 1.82) is 5.26 Å². The molecule has 2 aliphatic carbocycles. The molecule has 0 amide bonds. The van der Waals surface area contributed by atoms with E-state index in [1.165, 1.54) is 81.1 Å². The van der Waals surface area contributed by atoms with Crippen molar-refractivity contribution in [2.75, 3.05) is 4.90 Å². The summed E-state index contributed by atoms with van der Waals surface area (Å²) in [5.74, 6) is 1.10. The van der Waals surface area contributed by atoms with Crippen LogP contribution in [0.3, 0.4) is 0 Å². The van der Waals surface area contributed by atoms with Gasteiger partial charge in [-0.3, -0.25) is 0 Å². The number of amidine groups is 1. The number of para-hydroxylation sites is 1. The molecule has 8 aromatic rings. The van der Waals surface area contributed by atoms with Crippen LogP contribution >= 0.6 is 11.3 Å². The molecule has 0 fully saturated rings. The second-order valence-electron chi connectivity index (χ2n) is 19.7. The van der Waals surface area contributed by atoms with Crippen LogP contribution in [0.1, 0.15) is 68.4 Å². The molecule has 4 aliphatic rings. The van der Waals surface area contributed by atoms with Crippen LogP contribution in [0.2, 0.25) is 0 Å². The number of benzene rings is 6. The molecule has 0 saturated heterocycles. The Kier molecular flexibility index (Phi) is 8.32. The minimum atomic E-state index is -0.555. The van der Waals surface area contributed by atoms with Gasteiger partial charge in [0.15, 0.2) is 0 Å². The number of aryl methyl sites for hydroxylation is 3. The normalized spacial score (nSPS) is 25.2. The summed E-state index contributed by atoms with van der Waals surface area (Å²) in [5.41, 5.74) is 13.0. The number of fused-ring (bicyclic) bond motifs is 9. The SMILES string of the molecule is CC1=CC2(C)c3cc(C)ccc3N(C3=C(C#N)CC(C)(C4NC(c5cccc6c5sc5ccccc56)=[N+]4c4ccccc4)C(C)(n4c5ccc(C)cc5c5cc(C)ccc54)C3)C2C=C1. The highest BCUT2D eigenvalue weighted by Crippen LogP contribution is 2.60. The lowest BCUT2D eigenvalue weighted by Gasteiger charge is -2.56. The Morgan fingerprint density at radius 3 is 2.12 bits per heavy atom. The molecule has 6 heteroatoms. The molecule has 0 spiro atoms. The topological polar surface area (TPSA) is 47.0 Å². The van der Waals surface area contributed by atoms with Gasteiger partial charge in [-0.15, -0.1) is 11.3 Å². The molecule has 5 atom stereocenters. The van der Waals surface area contributed by atoms with Gasteiger partial charge in [-0.1, -0.05) is 113 Å². The van der Waals surface area contributed by atoms with Gasteiger partial charge < -0.3 is 9.47 Å². The van der Waals surface area contributed by atoms with Crippen molar-refractivity contribution < 1.29 is 4.58 Å². The van der Waals surface area contributed by atoms with Crippen LogP contribution in [0.25, 0.3) is 42.0 Å². The number of aromatic nitrogens is 1. The van der Waals surface area contributed by atoms with Gasteiger partial charge in [-0.05, 0) is 115 Å². The Morgan fingerprint density at radius 2 is 1.39 bits per heavy atom. The van der Waals surface area contributed by atoms with Gasteiger partial charge in [-0.2, -0.15) is 9.84 Å². The van der Waals surface area contributed by atoms with Gasteiger partial charge in [-0.25, -0.2) is 5.32 Å². The van der Waals surface area contributed by atoms with E-state index in [-0.39, 0.29) is 17.6 Å². The van der Waals surface area contributed by atoms with E-state index in [1.807, 2.05) is 11.3 Å². The molecule has 12 rings (SSSR count). The number of rotatable bonds is 5. The van der Waals surface area contributed by atoms with E-state index in [2.05, 4.69) is 220 Å². The molecule has 0 bridgehead atoms. The molecule has 0 radical (unpaired) electrons. The highest BCUT2D eigenvalue weighted by molar-refractivity contribution is 7.26. The van der Waals surface area contributed by atoms with Crippen LogP contribution in [0.5, 0.6) is 0 Å². The lowest BCUT2D eigenvalue weighted by molar-refractivity contribution is -0.550. The molecule has 2 aliphatic heterocycles. The third kappa shape index (κ3) is 5.25. The second kappa shape index (κ2) is 13.7. The lowest BCUT2D eigenvalue weighted by Crippen LogP contribution is -2.70. The van der Waals surface area contributed by atoms with Crippen LogP contribution in [-0.2, 0) is 11.0 Å². The summed E-state index contributed by atoms with van der Waals surface area (Å²) in [6, 6.07) is 50.3. The van der Waals surface area contributed by atoms with E-state index in [9.17, 15) is 5.26 Å². The highest BCUT2D eigenvalue weighted by atomic mass is 32.1. The van der Waals surface area contributed by atoms with Crippen molar-refractivity contribution in [3.63, 3.8) is 0 Å². The summed E-state index contributed by atoms with van der Waals surface area (Å²) in [4.78, 5) is 2.57. The van der Waals surface area contributed by atoms with Crippen LogP contribution in [0, 0.1) is 37.5 Å². The quantitative estimate of drug-likeness (QED) is 0.176. The van der Waals surface area contributed by atoms with E-state index in [0.29, 0.717) is 12.8 Å². The fourth-order valence-electron chi connectivity index (χ4n) is 12.3. The summed E-state index contributed by atoms with van der Waals surface area (Å²) in [6.07, 6.45) is 8.20. The number of thiophene rings is 1. The van der Waals surface area contributed by atoms with Gasteiger partial charge >= 0.3 is 0 Å². The Morgan fingerprint density at radius 1 is 0.719 bits per heavy atom. The van der Waals surface area contributed by atoms with Gasteiger partial charge in [0, 0.05) is 60.5 Å². The second-order valence-corrected chi connectivity index (χ2v) is 20.8. The van der Waals surface area contributed by atoms with Gasteiger partial charge in [0.25, 0.3) is 5.84 Å². The number of anilines is 1. The number of nitrogens with zero attached hydrogens (tertiary/aromatic N) is 4. The third-order valence-electron chi connectivity index (χ3n) is 15.7. The number of hydrogen-bond donors (Lipinski definition) is 1. The summed E-state index contributed by atoms with van der Waals surface area (Å²) >= 11 is 1.87. The zero-order valence-corrected chi connectivity index (χ0v) is 38.4. The maximum Gasteiger partial charge on any atom is 0.290 e. The number of allylic oxidation sites excluding steroid dienone is 4. The van der Waals surface area contributed by atoms with E-state index in [4.69, 9.17) is 0 Å². The predicted octanol–water partition coefficient (Wildman–Crippen LogP) is 13.8. The smallest absolute Gasteiger partial charge is 0.290 e. The molecule has 0 saturated carbocycles. The largest absolute Gasteiger partial charge is 0.336 e. The van der Waals surface area contributed by atoms with E-state index in [1.54, 1.807) is 0 Å². The first-order valence-corrected chi connectivity index (χ1v) is 23.5. The Hall–Kier alpha value is -6.68. The predicted molar refractivity (Wildman–Crippen MR) is 267 cm³/mol. The number of hydrogen-bond acceptors (Lipinski definition) is 4. The first kappa shape index (κ1) is 39.0. The van der Waals surface area contributed by atoms with Gasteiger partial charge in [0.1, 0.15) is 5.69 Å². The van der Waals surface area contributed by atoms with Crippen molar-refractivity contribution in [2.45, 2.75) is 84.5 Å². The Balaban J connectivity index is 1.13. The van der Waals surface area contributed by atoms with E-state index in [0.717, 1.165) is 22.8 Å². The highest BCUT2D eigenvalue weighted by Gasteiger charge is 2.64. The first-order chi connectivity index (χ1) is 30.9. The summed E-state index contributed by atoms with van der Waals surface area (Å²) < 4.78 is 7.82. The monoisotopic (exact) mass is 850 g/mol. The minimum Gasteiger partial charge on any atom is -0.336 e. The third-order valence-corrected chi connectivity index (χ3v) is 16.9. The molecular formula is C58H52N5S+. The zero-order chi connectivity index (χ0) is 43.9. The average Bonchev–Trinajstić information content (AvgIpc) is 3.90. The molecule has 5 nitrogen and oxygen atoms in total. The summed E-state index contributed by atoms with van der Waals surface area (Å²) in [6.45, 7) is 16.2. The minimum absolute atomic E-state index is 0.0350. The summed E-state index contributed by atoms with van der Waals surface area (Å²) in [7, 11) is 0. The van der Waals surface area contributed by atoms with Crippen molar-refractivity contribution in [2.24, 2.45) is 5.41 Å². The zero-order valence-electron chi connectivity index (χ0n) is 37.6. The Labute approximate surface area is 379 Å². The fraction of sp³-hybridized carbons (Fsp3) is 0.241. The standard InChI is InChI=1S/C58H51N5S/c1-35-20-24-47-44(28-35)45-29-36(2)21-25-48(45)63(47)58(7)33-50(62-49-26-22-37(3)30-46(49)56(5)31-38(4)23-27-52(56)62)39(34-59)32-57(58,6)55-60-54(61(55)40-14-9-8-10-15-40)43-18-13-17-42-41-16-11-12-19-51(41)64-53(42)43/h8-31,52,55H,32-33H2,1-7H3/p+1. The Bertz CT molecular complexity index is 3440. The molecule has 2 aromatic heterocycles. The maximum absolute atomic E-state index is 11.6. The van der Waals surface area contributed by atoms with Crippen LogP contribution < -0.4 is 10.2 Å². The molecular weight excluding hydrogens is 799 g/mol. The van der Waals surface area contributed by atoms with E-state index >= 15 is 0 Å². The maximum atomic E-state index is 11.6. The molecule has 6 aromatic carbocycles. The lowest BCUT2D eigenvalue weighted by atomic mass is 9.59. The average molecular weight is 851 g/mol. The molecule has 64 heavy (non-hydrogen) atoms. The molecule has 314 valence electrons. The molecule has 5 unspecified atom stereocenters. The van der Waals surface area contributed by atoms with Crippen molar-refractivity contribution in [1.82, 2.24) is 9.88 Å². The van der Waals surface area contributed by atoms with Crippen molar-refractivity contribution >= 4 is 70.5 Å².